The Morgan fingerprint density at radius 2 is 2.12 bits per heavy atom. The number of aliphatic imine (C=N–C) groups is 1. The van der Waals surface area contributed by atoms with Crippen molar-refractivity contribution in [1.82, 2.24) is 5.32 Å². The zero-order valence-corrected chi connectivity index (χ0v) is 11.0. The van der Waals surface area contributed by atoms with Gasteiger partial charge in [0.2, 0.25) is 0 Å². The van der Waals surface area contributed by atoms with Crippen LogP contribution in [0.25, 0.3) is 0 Å². The molecule has 6 heteroatoms. The molecule has 17 heavy (non-hydrogen) atoms. The SMILES string of the molecule is CCC1(C)CSC(=NCCCCC(F)(F)F)N1. The van der Waals surface area contributed by atoms with Crippen LogP contribution in [0.15, 0.2) is 4.99 Å². The average molecular weight is 268 g/mol. The topological polar surface area (TPSA) is 24.4 Å². The van der Waals surface area contributed by atoms with Gasteiger partial charge in [0.1, 0.15) is 0 Å². The number of hydrogen-bond donors (Lipinski definition) is 1. The number of alkyl halides is 3. The molecule has 1 aliphatic heterocycles. The number of nitrogens with zero attached hydrogens (tertiary/aromatic N) is 1. The summed E-state index contributed by atoms with van der Waals surface area (Å²) in [5.41, 5.74) is 0.0927. The fraction of sp³-hybridized carbons (Fsp3) is 0.909. The van der Waals surface area contributed by atoms with Crippen LogP contribution < -0.4 is 5.32 Å². The van der Waals surface area contributed by atoms with Gasteiger partial charge in [0.25, 0.3) is 0 Å². The minimum absolute atomic E-state index is 0.0927. The van der Waals surface area contributed by atoms with Crippen molar-refractivity contribution in [3.05, 3.63) is 0 Å². The van der Waals surface area contributed by atoms with Crippen LogP contribution in [-0.4, -0.2) is 29.2 Å². The lowest BCUT2D eigenvalue weighted by Gasteiger charge is -2.20. The normalized spacial score (nSPS) is 27.5. The van der Waals surface area contributed by atoms with Gasteiger partial charge in [-0.1, -0.05) is 18.7 Å². The fourth-order valence-corrected chi connectivity index (χ4v) is 2.68. The second kappa shape index (κ2) is 5.98. The van der Waals surface area contributed by atoms with Crippen LogP contribution in [0.5, 0.6) is 0 Å². The third kappa shape index (κ3) is 5.66. The van der Waals surface area contributed by atoms with Gasteiger partial charge in [-0.15, -0.1) is 0 Å². The highest BCUT2D eigenvalue weighted by Gasteiger charge is 2.30. The first-order valence-electron chi connectivity index (χ1n) is 5.87. The molecule has 1 unspecified atom stereocenters. The van der Waals surface area contributed by atoms with Crippen LogP contribution in [0.2, 0.25) is 0 Å². The Labute approximate surface area is 104 Å². The van der Waals surface area contributed by atoms with Gasteiger partial charge >= 0.3 is 6.18 Å². The molecule has 1 aliphatic rings. The number of nitrogens with one attached hydrogen (secondary N) is 1. The maximum Gasteiger partial charge on any atom is 0.389 e. The van der Waals surface area contributed by atoms with Crippen molar-refractivity contribution in [2.24, 2.45) is 4.99 Å². The molecule has 1 N–H and O–H groups in total. The molecule has 2 nitrogen and oxygen atoms in total. The number of thioether (sulfide) groups is 1. The Balaban J connectivity index is 2.19. The van der Waals surface area contributed by atoms with Crippen molar-refractivity contribution in [1.29, 1.82) is 0 Å². The van der Waals surface area contributed by atoms with Gasteiger partial charge in [0.05, 0.1) is 0 Å². The van der Waals surface area contributed by atoms with Crippen LogP contribution in [0, 0.1) is 0 Å². The van der Waals surface area contributed by atoms with Crippen molar-refractivity contribution in [3.8, 4) is 0 Å². The van der Waals surface area contributed by atoms with Crippen molar-refractivity contribution < 1.29 is 13.2 Å². The van der Waals surface area contributed by atoms with E-state index in [9.17, 15) is 13.2 Å². The lowest BCUT2D eigenvalue weighted by molar-refractivity contribution is -0.135. The third-order valence-corrected chi connectivity index (χ3v) is 4.13. The Morgan fingerprint density at radius 3 is 2.65 bits per heavy atom. The molecular formula is C11H19F3N2S. The molecule has 0 amide bonds. The zero-order valence-electron chi connectivity index (χ0n) is 10.2. The van der Waals surface area contributed by atoms with E-state index in [1.807, 2.05) is 0 Å². The van der Waals surface area contributed by atoms with E-state index in [-0.39, 0.29) is 12.0 Å². The number of halogens is 3. The highest BCUT2D eigenvalue weighted by molar-refractivity contribution is 8.14. The van der Waals surface area contributed by atoms with E-state index >= 15 is 0 Å². The van der Waals surface area contributed by atoms with E-state index in [4.69, 9.17) is 0 Å². The van der Waals surface area contributed by atoms with E-state index in [2.05, 4.69) is 24.2 Å². The summed E-state index contributed by atoms with van der Waals surface area (Å²) in [6, 6.07) is 0. The van der Waals surface area contributed by atoms with Crippen molar-refractivity contribution in [2.75, 3.05) is 12.3 Å². The summed E-state index contributed by atoms with van der Waals surface area (Å²) in [7, 11) is 0. The lowest BCUT2D eigenvalue weighted by Crippen LogP contribution is -2.39. The molecule has 1 rings (SSSR count). The molecule has 0 aromatic rings. The number of unbranched alkanes of at least 4 members (excludes halogenated alkanes) is 1. The van der Waals surface area contributed by atoms with Crippen LogP contribution in [0.1, 0.15) is 39.5 Å². The predicted molar refractivity (Wildman–Crippen MR) is 66.5 cm³/mol. The van der Waals surface area contributed by atoms with Gasteiger partial charge in [-0.2, -0.15) is 13.2 Å². The molecule has 1 saturated heterocycles. The second-order valence-electron chi connectivity index (χ2n) is 4.59. The van der Waals surface area contributed by atoms with Crippen LogP contribution >= 0.6 is 11.8 Å². The Bertz CT molecular complexity index is 278. The summed E-state index contributed by atoms with van der Waals surface area (Å²) in [5.74, 6) is 0.977. The van der Waals surface area contributed by atoms with Crippen molar-refractivity contribution in [2.45, 2.75) is 51.2 Å². The molecule has 0 aliphatic carbocycles. The molecule has 0 aromatic carbocycles. The summed E-state index contributed by atoms with van der Waals surface area (Å²) in [6.07, 6.45) is -3.06. The Hall–Kier alpha value is -0.390. The summed E-state index contributed by atoms with van der Waals surface area (Å²) >= 11 is 1.65. The molecule has 0 radical (unpaired) electrons. The Kier molecular flexibility index (Phi) is 5.16. The number of amidine groups is 1. The van der Waals surface area contributed by atoms with E-state index in [1.165, 1.54) is 0 Å². The van der Waals surface area contributed by atoms with E-state index in [0.29, 0.717) is 13.0 Å². The monoisotopic (exact) mass is 268 g/mol. The average Bonchev–Trinajstić information content (AvgIpc) is 2.59. The maximum atomic E-state index is 11.9. The van der Waals surface area contributed by atoms with Crippen molar-refractivity contribution in [3.63, 3.8) is 0 Å². The van der Waals surface area contributed by atoms with Gasteiger partial charge in [0, 0.05) is 24.3 Å². The minimum atomic E-state index is -4.03. The van der Waals surface area contributed by atoms with Gasteiger partial charge in [-0.05, 0) is 26.2 Å². The molecule has 1 atom stereocenters. The van der Waals surface area contributed by atoms with Crippen LogP contribution in [0.4, 0.5) is 13.2 Å². The summed E-state index contributed by atoms with van der Waals surface area (Å²) in [6.45, 7) is 4.72. The first kappa shape index (κ1) is 14.7. The molecule has 100 valence electrons. The summed E-state index contributed by atoms with van der Waals surface area (Å²) in [5, 5.41) is 4.19. The Morgan fingerprint density at radius 1 is 1.41 bits per heavy atom. The third-order valence-electron chi connectivity index (χ3n) is 2.84. The smallest absolute Gasteiger partial charge is 0.359 e. The van der Waals surface area contributed by atoms with E-state index in [0.717, 1.165) is 17.3 Å². The molecule has 0 saturated carbocycles. The summed E-state index contributed by atoms with van der Waals surface area (Å²) < 4.78 is 35.6. The van der Waals surface area contributed by atoms with Gasteiger partial charge in [-0.3, -0.25) is 4.99 Å². The molecule has 1 fully saturated rings. The number of rotatable bonds is 5. The zero-order chi connectivity index (χ0) is 12.9. The molecule has 0 spiro atoms. The fourth-order valence-electron chi connectivity index (χ4n) is 1.45. The predicted octanol–water partition coefficient (Wildman–Crippen LogP) is 3.58. The quantitative estimate of drug-likeness (QED) is 0.771. The number of hydrogen-bond acceptors (Lipinski definition) is 2. The van der Waals surface area contributed by atoms with Gasteiger partial charge in [-0.25, -0.2) is 0 Å². The molecular weight excluding hydrogens is 249 g/mol. The second-order valence-corrected chi connectivity index (χ2v) is 5.55. The molecule has 1 heterocycles. The molecule has 0 aromatic heterocycles. The first-order valence-corrected chi connectivity index (χ1v) is 6.85. The maximum absolute atomic E-state index is 11.9. The van der Waals surface area contributed by atoms with Gasteiger partial charge < -0.3 is 5.32 Å². The van der Waals surface area contributed by atoms with Crippen LogP contribution in [-0.2, 0) is 0 Å². The minimum Gasteiger partial charge on any atom is -0.359 e. The lowest BCUT2D eigenvalue weighted by atomic mass is 10.0. The first-order chi connectivity index (χ1) is 7.85. The van der Waals surface area contributed by atoms with E-state index in [1.54, 1.807) is 11.8 Å². The largest absolute Gasteiger partial charge is 0.389 e. The van der Waals surface area contributed by atoms with E-state index < -0.39 is 12.6 Å². The molecule has 0 bridgehead atoms. The van der Waals surface area contributed by atoms with Crippen LogP contribution in [0.3, 0.4) is 0 Å². The standard InChI is InChI=1S/C11H19F3N2S/c1-3-10(2)8-17-9(16-10)15-7-5-4-6-11(12,13)14/h3-8H2,1-2H3,(H,15,16). The van der Waals surface area contributed by atoms with Gasteiger partial charge in [0.15, 0.2) is 5.17 Å². The van der Waals surface area contributed by atoms with Crippen molar-refractivity contribution >= 4 is 16.9 Å². The summed E-state index contributed by atoms with van der Waals surface area (Å²) in [4.78, 5) is 4.29. The highest BCUT2D eigenvalue weighted by Crippen LogP contribution is 2.26. The highest BCUT2D eigenvalue weighted by atomic mass is 32.2.